The van der Waals surface area contributed by atoms with Crippen molar-refractivity contribution in [3.63, 3.8) is 0 Å². The molecule has 0 spiro atoms. The predicted octanol–water partition coefficient (Wildman–Crippen LogP) is 0.490. The summed E-state index contributed by atoms with van der Waals surface area (Å²) < 4.78 is 13.3. The van der Waals surface area contributed by atoms with Crippen LogP contribution in [0.25, 0.3) is 0 Å². The van der Waals surface area contributed by atoms with Gasteiger partial charge in [-0.05, 0) is 6.07 Å². The van der Waals surface area contributed by atoms with Crippen LogP contribution in [0, 0.1) is 5.82 Å². The van der Waals surface area contributed by atoms with Crippen molar-refractivity contribution in [3.8, 4) is 0 Å². The van der Waals surface area contributed by atoms with E-state index in [1.807, 2.05) is 0 Å². The average Bonchev–Trinajstić information content (AvgIpc) is 2.34. The Bertz CT molecular complexity index is 407. The maximum Gasteiger partial charge on any atom is 0.253 e. The zero-order valence-corrected chi connectivity index (χ0v) is 9.27. The first kappa shape index (κ1) is 13.3. The Labute approximate surface area is 98.9 Å². The molecule has 1 unspecified atom stereocenters. The van der Waals surface area contributed by atoms with Gasteiger partial charge in [-0.3, -0.25) is 4.79 Å². The molecule has 0 aliphatic rings. The molecule has 0 saturated carbocycles. The van der Waals surface area contributed by atoms with Crippen molar-refractivity contribution >= 4 is 5.91 Å². The van der Waals surface area contributed by atoms with Crippen LogP contribution in [0.5, 0.6) is 0 Å². The van der Waals surface area contributed by atoms with E-state index in [-0.39, 0.29) is 12.1 Å². The first-order valence-corrected chi connectivity index (χ1v) is 5.22. The molecule has 1 aromatic carbocycles. The van der Waals surface area contributed by atoms with E-state index in [4.69, 9.17) is 5.73 Å². The molecule has 4 nitrogen and oxygen atoms in total. The van der Waals surface area contributed by atoms with Crippen LogP contribution in [0.15, 0.2) is 36.4 Å². The van der Waals surface area contributed by atoms with Gasteiger partial charge < -0.3 is 16.2 Å². The normalized spacial score (nSPS) is 12.6. The van der Waals surface area contributed by atoms with E-state index in [0.717, 1.165) is 0 Å². The number of hydrogen-bond donors (Lipinski definition) is 3. The van der Waals surface area contributed by atoms with E-state index in [1.54, 1.807) is 18.2 Å². The molecule has 5 heteroatoms. The maximum absolute atomic E-state index is 13.3. The molecule has 0 radical (unpaired) electrons. The second-order valence-electron chi connectivity index (χ2n) is 3.38. The third-order valence-electron chi connectivity index (χ3n) is 2.15. The number of nitrogens with one attached hydrogen (secondary N) is 1. The van der Waals surface area contributed by atoms with Gasteiger partial charge in [0.05, 0.1) is 0 Å². The highest BCUT2D eigenvalue weighted by Gasteiger charge is 2.19. The summed E-state index contributed by atoms with van der Waals surface area (Å²) >= 11 is 0. The highest BCUT2D eigenvalue weighted by atomic mass is 19.1. The molecular weight excluding hydrogens is 223 g/mol. The number of carbonyl (C=O) groups excluding carboxylic acids is 1. The standard InChI is InChI=1S/C12H15FN2O2/c13-10-6-2-1-5-9(10)11(16)12(17)15-8-4-3-7-14/h1-6,11,16H,7-8,14H2,(H,15,17)/b4-3+. The second kappa shape index (κ2) is 6.78. The highest BCUT2D eigenvalue weighted by Crippen LogP contribution is 2.16. The third-order valence-corrected chi connectivity index (χ3v) is 2.15. The molecule has 1 rings (SSSR count). The molecule has 92 valence electrons. The molecular formula is C12H15FN2O2. The topological polar surface area (TPSA) is 75.3 Å². The second-order valence-corrected chi connectivity index (χ2v) is 3.38. The number of benzene rings is 1. The fraction of sp³-hybridized carbons (Fsp3) is 0.250. The monoisotopic (exact) mass is 238 g/mol. The Morgan fingerprint density at radius 2 is 2.18 bits per heavy atom. The van der Waals surface area contributed by atoms with E-state index < -0.39 is 17.8 Å². The fourth-order valence-electron chi connectivity index (χ4n) is 1.27. The minimum atomic E-state index is -1.50. The molecule has 1 atom stereocenters. The van der Waals surface area contributed by atoms with Crippen LogP contribution in [-0.4, -0.2) is 24.1 Å². The van der Waals surface area contributed by atoms with Gasteiger partial charge in [0.1, 0.15) is 5.82 Å². The molecule has 1 aromatic rings. The summed E-state index contributed by atoms with van der Waals surface area (Å²) in [5.74, 6) is -1.25. The molecule has 17 heavy (non-hydrogen) atoms. The first-order chi connectivity index (χ1) is 8.16. The van der Waals surface area contributed by atoms with E-state index >= 15 is 0 Å². The van der Waals surface area contributed by atoms with Crippen LogP contribution < -0.4 is 11.1 Å². The van der Waals surface area contributed by atoms with Crippen LogP contribution in [0.2, 0.25) is 0 Å². The largest absolute Gasteiger partial charge is 0.378 e. The Balaban J connectivity index is 2.58. The van der Waals surface area contributed by atoms with Crippen LogP contribution in [-0.2, 0) is 4.79 Å². The molecule has 0 aliphatic heterocycles. The Morgan fingerprint density at radius 3 is 2.82 bits per heavy atom. The molecule has 0 bridgehead atoms. The maximum atomic E-state index is 13.3. The Hall–Kier alpha value is -1.72. The van der Waals surface area contributed by atoms with Crippen LogP contribution in [0.1, 0.15) is 11.7 Å². The Morgan fingerprint density at radius 1 is 1.47 bits per heavy atom. The lowest BCUT2D eigenvalue weighted by atomic mass is 10.1. The number of nitrogens with two attached hydrogens (primary N) is 1. The van der Waals surface area contributed by atoms with Gasteiger partial charge in [-0.2, -0.15) is 0 Å². The van der Waals surface area contributed by atoms with Gasteiger partial charge in [0, 0.05) is 18.7 Å². The molecule has 4 N–H and O–H groups in total. The SMILES string of the molecule is NC/C=C/CNC(=O)C(O)c1ccccc1F. The number of aliphatic hydroxyl groups is 1. The third kappa shape index (κ3) is 3.97. The molecule has 0 aromatic heterocycles. The van der Waals surface area contributed by atoms with Crippen LogP contribution >= 0.6 is 0 Å². The quantitative estimate of drug-likeness (QED) is 0.653. The van der Waals surface area contributed by atoms with Crippen molar-refractivity contribution in [3.05, 3.63) is 47.8 Å². The van der Waals surface area contributed by atoms with Crippen LogP contribution in [0.3, 0.4) is 0 Å². The molecule has 0 fully saturated rings. The van der Waals surface area contributed by atoms with E-state index in [9.17, 15) is 14.3 Å². The zero-order valence-electron chi connectivity index (χ0n) is 9.27. The van der Waals surface area contributed by atoms with E-state index in [0.29, 0.717) is 6.54 Å². The van der Waals surface area contributed by atoms with Crippen molar-refractivity contribution in [2.75, 3.05) is 13.1 Å². The van der Waals surface area contributed by atoms with E-state index in [1.165, 1.54) is 18.2 Å². The number of hydrogen-bond acceptors (Lipinski definition) is 3. The van der Waals surface area contributed by atoms with Gasteiger partial charge in [-0.25, -0.2) is 4.39 Å². The minimum Gasteiger partial charge on any atom is -0.378 e. The molecule has 0 saturated heterocycles. The number of carbonyl (C=O) groups is 1. The predicted molar refractivity (Wildman–Crippen MR) is 62.6 cm³/mol. The van der Waals surface area contributed by atoms with Gasteiger partial charge in [-0.1, -0.05) is 30.4 Å². The van der Waals surface area contributed by atoms with Gasteiger partial charge in [-0.15, -0.1) is 0 Å². The van der Waals surface area contributed by atoms with Crippen molar-refractivity contribution < 1.29 is 14.3 Å². The number of rotatable bonds is 5. The number of amides is 1. The zero-order chi connectivity index (χ0) is 12.7. The van der Waals surface area contributed by atoms with Gasteiger partial charge in [0.15, 0.2) is 6.10 Å². The van der Waals surface area contributed by atoms with Crippen molar-refractivity contribution in [2.45, 2.75) is 6.10 Å². The number of aliphatic hydroxyl groups excluding tert-OH is 1. The first-order valence-electron chi connectivity index (χ1n) is 5.22. The lowest BCUT2D eigenvalue weighted by Gasteiger charge is -2.11. The van der Waals surface area contributed by atoms with E-state index in [2.05, 4.69) is 5.32 Å². The lowest BCUT2D eigenvalue weighted by molar-refractivity contribution is -0.129. The molecule has 1 amide bonds. The van der Waals surface area contributed by atoms with Crippen LogP contribution in [0.4, 0.5) is 4.39 Å². The summed E-state index contributed by atoms with van der Waals surface area (Å²) in [5, 5.41) is 12.1. The summed E-state index contributed by atoms with van der Waals surface area (Å²) in [6, 6.07) is 5.62. The minimum absolute atomic E-state index is 0.0344. The summed E-state index contributed by atoms with van der Waals surface area (Å²) in [7, 11) is 0. The van der Waals surface area contributed by atoms with Gasteiger partial charge >= 0.3 is 0 Å². The highest BCUT2D eigenvalue weighted by molar-refractivity contribution is 5.82. The average molecular weight is 238 g/mol. The summed E-state index contributed by atoms with van der Waals surface area (Å²) in [6.07, 6.45) is 1.84. The summed E-state index contributed by atoms with van der Waals surface area (Å²) in [5.41, 5.74) is 5.18. The fourth-order valence-corrected chi connectivity index (χ4v) is 1.27. The number of halogens is 1. The summed E-state index contributed by atoms with van der Waals surface area (Å²) in [4.78, 5) is 11.5. The van der Waals surface area contributed by atoms with Gasteiger partial charge in [0.2, 0.25) is 0 Å². The molecule has 0 aliphatic carbocycles. The summed E-state index contributed by atoms with van der Waals surface area (Å²) in [6.45, 7) is 0.632. The van der Waals surface area contributed by atoms with Crippen molar-refractivity contribution in [2.24, 2.45) is 5.73 Å². The van der Waals surface area contributed by atoms with Crippen molar-refractivity contribution in [1.82, 2.24) is 5.32 Å². The van der Waals surface area contributed by atoms with Crippen molar-refractivity contribution in [1.29, 1.82) is 0 Å². The Kier molecular flexibility index (Phi) is 5.32. The molecule has 0 heterocycles. The smallest absolute Gasteiger partial charge is 0.253 e. The van der Waals surface area contributed by atoms with Gasteiger partial charge in [0.25, 0.3) is 5.91 Å². The lowest BCUT2D eigenvalue weighted by Crippen LogP contribution is -2.29.